The fraction of sp³-hybridized carbons (Fsp3) is 0.409. The average Bonchev–Trinajstić information content (AvgIpc) is 2.73. The molecule has 5 nitrogen and oxygen atoms in total. The molecule has 0 atom stereocenters. The van der Waals surface area contributed by atoms with Crippen LogP contribution in [0.25, 0.3) is 0 Å². The van der Waals surface area contributed by atoms with Gasteiger partial charge in [0, 0.05) is 18.0 Å². The van der Waals surface area contributed by atoms with Gasteiger partial charge in [-0.15, -0.1) is 11.8 Å². The minimum Gasteiger partial charge on any atom is -0.341 e. The van der Waals surface area contributed by atoms with Crippen LogP contribution >= 0.6 is 11.8 Å². The summed E-state index contributed by atoms with van der Waals surface area (Å²) in [5.41, 5.74) is 1.54. The van der Waals surface area contributed by atoms with E-state index < -0.39 is 10.0 Å². The van der Waals surface area contributed by atoms with E-state index in [2.05, 4.69) is 6.92 Å². The van der Waals surface area contributed by atoms with Crippen LogP contribution < -0.4 is 4.31 Å². The normalized spacial score (nSPS) is 15.3. The van der Waals surface area contributed by atoms with E-state index in [4.69, 9.17) is 0 Å². The van der Waals surface area contributed by atoms with Crippen LogP contribution in [0, 0.1) is 12.8 Å². The van der Waals surface area contributed by atoms with Crippen LogP contribution in [-0.4, -0.2) is 45.1 Å². The second kappa shape index (κ2) is 9.22. The lowest BCUT2D eigenvalue weighted by Gasteiger charge is -2.32. The van der Waals surface area contributed by atoms with Gasteiger partial charge < -0.3 is 4.90 Å². The predicted octanol–water partition coefficient (Wildman–Crippen LogP) is 4.17. The summed E-state index contributed by atoms with van der Waals surface area (Å²) in [7, 11) is -3.86. The number of carbonyl (C=O) groups excluding carboxylic acids is 1. The van der Waals surface area contributed by atoms with E-state index in [1.165, 1.54) is 4.31 Å². The first-order valence-electron chi connectivity index (χ1n) is 9.82. The first kappa shape index (κ1) is 21.7. The van der Waals surface area contributed by atoms with Gasteiger partial charge in [-0.05, 0) is 68.3 Å². The summed E-state index contributed by atoms with van der Waals surface area (Å²) in [4.78, 5) is 15.9. The SMILES string of the molecule is CSc1ccc(S(=O)(=O)N(CC(=O)N2CCC(C)CC2)c2ccc(C)cc2)cc1. The number of piperidine rings is 1. The van der Waals surface area contributed by atoms with Gasteiger partial charge in [-0.2, -0.15) is 0 Å². The molecule has 3 rings (SSSR count). The van der Waals surface area contributed by atoms with Crippen LogP contribution in [0.4, 0.5) is 5.69 Å². The number of amides is 1. The molecule has 0 unspecified atom stereocenters. The third-order valence-corrected chi connectivity index (χ3v) is 7.92. The number of nitrogens with zero attached hydrogens (tertiary/aromatic N) is 2. The van der Waals surface area contributed by atoms with Crippen molar-refractivity contribution < 1.29 is 13.2 Å². The molecule has 29 heavy (non-hydrogen) atoms. The maximum atomic E-state index is 13.4. The number of likely N-dealkylation sites (tertiary alicyclic amines) is 1. The van der Waals surface area contributed by atoms with Gasteiger partial charge >= 0.3 is 0 Å². The van der Waals surface area contributed by atoms with E-state index >= 15 is 0 Å². The predicted molar refractivity (Wildman–Crippen MR) is 119 cm³/mol. The lowest BCUT2D eigenvalue weighted by molar-refractivity contribution is -0.130. The van der Waals surface area contributed by atoms with Gasteiger partial charge in [0.15, 0.2) is 0 Å². The number of aryl methyl sites for hydroxylation is 1. The standard InChI is InChI=1S/C22H28N2O3S2/c1-17-4-6-19(7-5-17)24(16-22(25)23-14-12-18(2)13-15-23)29(26,27)21-10-8-20(28-3)9-11-21/h4-11,18H,12-16H2,1-3H3. The zero-order chi connectivity index (χ0) is 21.0. The third kappa shape index (κ3) is 5.14. The van der Waals surface area contributed by atoms with Crippen LogP contribution in [0.15, 0.2) is 58.3 Å². The van der Waals surface area contributed by atoms with E-state index in [0.717, 1.165) is 23.3 Å². The molecular weight excluding hydrogens is 404 g/mol. The van der Waals surface area contributed by atoms with Gasteiger partial charge in [-0.3, -0.25) is 9.10 Å². The van der Waals surface area contributed by atoms with Crippen molar-refractivity contribution in [1.82, 2.24) is 4.90 Å². The molecule has 0 N–H and O–H groups in total. The first-order valence-corrected chi connectivity index (χ1v) is 12.5. The molecule has 0 aromatic heterocycles. The van der Waals surface area contributed by atoms with Crippen LogP contribution in [0.5, 0.6) is 0 Å². The van der Waals surface area contributed by atoms with Crippen molar-refractivity contribution in [2.24, 2.45) is 5.92 Å². The molecule has 1 amide bonds. The van der Waals surface area contributed by atoms with E-state index in [9.17, 15) is 13.2 Å². The second-order valence-electron chi connectivity index (χ2n) is 7.59. The number of hydrogen-bond acceptors (Lipinski definition) is 4. The Kier molecular flexibility index (Phi) is 6.90. The number of thioether (sulfide) groups is 1. The Morgan fingerprint density at radius 3 is 2.21 bits per heavy atom. The van der Waals surface area contributed by atoms with Crippen molar-refractivity contribution in [2.45, 2.75) is 36.5 Å². The van der Waals surface area contributed by atoms with Crippen molar-refractivity contribution in [3.63, 3.8) is 0 Å². The van der Waals surface area contributed by atoms with E-state index in [-0.39, 0.29) is 17.3 Å². The second-order valence-corrected chi connectivity index (χ2v) is 10.3. The highest BCUT2D eigenvalue weighted by molar-refractivity contribution is 7.98. The van der Waals surface area contributed by atoms with Crippen LogP contribution in [0.3, 0.4) is 0 Å². The highest BCUT2D eigenvalue weighted by Gasteiger charge is 2.30. The Bertz CT molecular complexity index is 933. The Hall–Kier alpha value is -1.99. The van der Waals surface area contributed by atoms with Gasteiger partial charge in [0.05, 0.1) is 10.6 Å². The van der Waals surface area contributed by atoms with E-state index in [0.29, 0.717) is 24.7 Å². The lowest BCUT2D eigenvalue weighted by atomic mass is 9.99. The molecule has 0 radical (unpaired) electrons. The van der Waals surface area contributed by atoms with Gasteiger partial charge in [0.1, 0.15) is 6.54 Å². The zero-order valence-electron chi connectivity index (χ0n) is 17.2. The lowest BCUT2D eigenvalue weighted by Crippen LogP contribution is -2.45. The topological polar surface area (TPSA) is 57.7 Å². The maximum absolute atomic E-state index is 13.4. The molecule has 0 spiro atoms. The van der Waals surface area contributed by atoms with Gasteiger partial charge in [-0.1, -0.05) is 24.6 Å². The van der Waals surface area contributed by atoms with E-state index in [1.807, 2.05) is 25.3 Å². The molecule has 156 valence electrons. The highest BCUT2D eigenvalue weighted by Crippen LogP contribution is 2.26. The summed E-state index contributed by atoms with van der Waals surface area (Å²) < 4.78 is 28.1. The number of benzene rings is 2. The molecule has 7 heteroatoms. The monoisotopic (exact) mass is 432 g/mol. The maximum Gasteiger partial charge on any atom is 0.264 e. The Labute approximate surface area is 178 Å². The molecule has 1 aliphatic heterocycles. The molecule has 1 fully saturated rings. The van der Waals surface area contributed by atoms with Gasteiger partial charge in [-0.25, -0.2) is 8.42 Å². The summed E-state index contributed by atoms with van der Waals surface area (Å²) in [6.45, 7) is 5.31. The quantitative estimate of drug-likeness (QED) is 0.643. The Morgan fingerprint density at radius 2 is 1.66 bits per heavy atom. The summed E-state index contributed by atoms with van der Waals surface area (Å²) in [6.07, 6.45) is 3.86. The van der Waals surface area contributed by atoms with Crippen molar-refractivity contribution in [2.75, 3.05) is 30.2 Å². The van der Waals surface area contributed by atoms with Crippen LogP contribution in [0.2, 0.25) is 0 Å². The fourth-order valence-electron chi connectivity index (χ4n) is 3.38. The molecular formula is C22H28N2O3S2. The highest BCUT2D eigenvalue weighted by atomic mass is 32.2. The molecule has 0 bridgehead atoms. The Balaban J connectivity index is 1.91. The molecule has 1 aliphatic rings. The van der Waals surface area contributed by atoms with Crippen LogP contribution in [-0.2, 0) is 14.8 Å². The van der Waals surface area contributed by atoms with Crippen molar-refractivity contribution in [1.29, 1.82) is 0 Å². The van der Waals surface area contributed by atoms with Crippen molar-refractivity contribution in [3.05, 3.63) is 54.1 Å². The molecule has 0 saturated carbocycles. The van der Waals surface area contributed by atoms with Crippen molar-refractivity contribution >= 4 is 33.4 Å². The van der Waals surface area contributed by atoms with Gasteiger partial charge in [0.2, 0.25) is 5.91 Å². The largest absolute Gasteiger partial charge is 0.341 e. The fourth-order valence-corrected chi connectivity index (χ4v) is 5.20. The minimum atomic E-state index is -3.86. The number of rotatable bonds is 6. The van der Waals surface area contributed by atoms with Crippen molar-refractivity contribution in [3.8, 4) is 0 Å². The van der Waals surface area contributed by atoms with Gasteiger partial charge in [0.25, 0.3) is 10.0 Å². The van der Waals surface area contributed by atoms with Crippen LogP contribution in [0.1, 0.15) is 25.3 Å². The molecule has 2 aromatic carbocycles. The molecule has 0 aliphatic carbocycles. The zero-order valence-corrected chi connectivity index (χ0v) is 18.8. The number of anilines is 1. The number of hydrogen-bond donors (Lipinski definition) is 0. The Morgan fingerprint density at radius 1 is 1.07 bits per heavy atom. The number of sulfonamides is 1. The average molecular weight is 433 g/mol. The van der Waals surface area contributed by atoms with E-state index in [1.54, 1.807) is 53.1 Å². The summed E-state index contributed by atoms with van der Waals surface area (Å²) >= 11 is 1.55. The smallest absolute Gasteiger partial charge is 0.264 e. The summed E-state index contributed by atoms with van der Waals surface area (Å²) in [5, 5.41) is 0. The summed E-state index contributed by atoms with van der Waals surface area (Å²) in [5.74, 6) is 0.452. The third-order valence-electron chi connectivity index (χ3n) is 5.38. The minimum absolute atomic E-state index is 0.151. The number of carbonyl (C=O) groups is 1. The molecule has 1 saturated heterocycles. The summed E-state index contributed by atoms with van der Waals surface area (Å²) in [6, 6.07) is 14.0. The first-order chi connectivity index (χ1) is 13.8. The molecule has 1 heterocycles. The molecule has 2 aromatic rings.